The minimum absolute atomic E-state index is 0.0466. The number of allylic oxidation sites excluding steroid dienone is 2. The van der Waals surface area contributed by atoms with E-state index in [0.717, 1.165) is 9.28 Å². The summed E-state index contributed by atoms with van der Waals surface area (Å²) in [5.41, 5.74) is 1.82. The third-order valence-electron chi connectivity index (χ3n) is 8.88. The quantitative estimate of drug-likeness (QED) is 0.244. The van der Waals surface area contributed by atoms with Crippen LogP contribution in [0.15, 0.2) is 25.3 Å². The second-order valence-electron chi connectivity index (χ2n) is 14.6. The Morgan fingerprint density at radius 1 is 0.500 bits per heavy atom. The molecule has 0 aromatic carbocycles. The van der Waals surface area contributed by atoms with Crippen molar-refractivity contribution in [2.75, 3.05) is 12.3 Å². The van der Waals surface area contributed by atoms with Gasteiger partial charge in [0, 0.05) is 18.6 Å². The summed E-state index contributed by atoms with van der Waals surface area (Å²) in [6.45, 7) is 40.9. The lowest BCUT2D eigenvalue weighted by molar-refractivity contribution is 0.322. The van der Waals surface area contributed by atoms with Gasteiger partial charge < -0.3 is 0 Å². The largest absolute Gasteiger partial charge is 0.103 e. The number of hydrogen-bond donors (Lipinski definition) is 0. The predicted molar refractivity (Wildman–Crippen MR) is 160 cm³/mol. The van der Waals surface area contributed by atoms with Gasteiger partial charge in [0.15, 0.2) is 0 Å². The van der Waals surface area contributed by atoms with Crippen molar-refractivity contribution in [3.63, 3.8) is 0 Å². The van der Waals surface area contributed by atoms with Crippen molar-refractivity contribution in [2.45, 2.75) is 102 Å². The van der Waals surface area contributed by atoms with Gasteiger partial charge in [0.1, 0.15) is 0 Å². The Hall–Kier alpha value is 2.06. The lowest BCUT2D eigenvalue weighted by Gasteiger charge is -2.90. The summed E-state index contributed by atoms with van der Waals surface area (Å²) < 4.78 is 2.89. The smallest absolute Gasteiger partial charge is 0.0468 e. The van der Waals surface area contributed by atoms with Crippen molar-refractivity contribution in [1.29, 1.82) is 0 Å². The average Bonchev–Trinajstić information content (AvgIpc) is 2.75. The first-order chi connectivity index (χ1) is 14.4. The van der Waals surface area contributed by atoms with E-state index < -0.39 is 0 Å². The lowest BCUT2D eigenvalue weighted by atomic mass is 9.97. The van der Waals surface area contributed by atoms with E-state index in [0.29, 0.717) is 30.9 Å². The Balaban J connectivity index is 1.93. The molecule has 5 rings (SSSR count). The summed E-state index contributed by atoms with van der Waals surface area (Å²) in [7, 11) is 0.357. The molecule has 6 heteroatoms. The molecule has 5 aliphatic rings. The van der Waals surface area contributed by atoms with Crippen molar-refractivity contribution in [3.8, 4) is 0 Å². The average molecular weight is 544 g/mol. The van der Waals surface area contributed by atoms with Crippen molar-refractivity contribution < 1.29 is 0 Å². The maximum absolute atomic E-state index is 4.38. The fourth-order valence-electron chi connectivity index (χ4n) is 8.50. The molecular weight excluding hydrogens is 498 g/mol. The highest BCUT2D eigenvalue weighted by Gasteiger charge is 3.12. The summed E-state index contributed by atoms with van der Waals surface area (Å²) in [4.78, 5) is 0. The van der Waals surface area contributed by atoms with Gasteiger partial charge in [0.2, 0.25) is 0 Å². The standard InChI is InChI=1S/C26H46P6/c1-15-17-27-23(19(3,4)5)29-25(21(9,10)11)30-24(31(25)27,20(6,7)8)28(18-16-2)32(23)26(29,30)22(12,13)14/h15-16H,1-2,17-18H2,3-14H3. The van der Waals surface area contributed by atoms with Gasteiger partial charge in [-0.15, -0.1) is 13.2 Å². The number of fused-ring (bicyclic) bond motifs is 2. The van der Waals surface area contributed by atoms with E-state index in [4.69, 9.17) is 0 Å². The molecule has 32 heavy (non-hydrogen) atoms. The minimum Gasteiger partial charge on any atom is -0.103 e. The molecule has 5 aliphatic heterocycles. The fraction of sp³-hybridized carbons (Fsp3) is 0.846. The zero-order chi connectivity index (χ0) is 24.3. The summed E-state index contributed by atoms with van der Waals surface area (Å²) in [6, 6.07) is 0. The monoisotopic (exact) mass is 544 g/mol. The maximum Gasteiger partial charge on any atom is 0.0468 e. The van der Waals surface area contributed by atoms with Crippen LogP contribution in [0.1, 0.15) is 83.1 Å². The summed E-state index contributed by atoms with van der Waals surface area (Å²) in [6.07, 6.45) is 7.45. The van der Waals surface area contributed by atoms with Gasteiger partial charge in [-0.25, -0.2) is 0 Å². The molecule has 0 amide bonds. The molecule has 0 saturated carbocycles. The molecule has 6 atom stereocenters. The van der Waals surface area contributed by atoms with Gasteiger partial charge in [0.05, 0.1) is 0 Å². The highest BCUT2D eigenvalue weighted by atomic mass is 32.1. The van der Waals surface area contributed by atoms with Crippen LogP contribution in [-0.4, -0.2) is 30.9 Å². The van der Waals surface area contributed by atoms with Gasteiger partial charge in [-0.1, -0.05) is 126 Å². The van der Waals surface area contributed by atoms with Crippen molar-refractivity contribution in [3.05, 3.63) is 25.3 Å². The van der Waals surface area contributed by atoms with Crippen LogP contribution < -0.4 is 0 Å². The molecule has 5 heterocycles. The third kappa shape index (κ3) is 2.01. The molecule has 5 saturated heterocycles. The Kier molecular flexibility index (Phi) is 5.26. The Morgan fingerprint density at radius 2 is 0.750 bits per heavy atom. The molecular formula is C26H46P6. The first-order valence-corrected chi connectivity index (χ1v) is 22.2. The molecule has 0 spiro atoms. The zero-order valence-corrected chi connectivity index (χ0v) is 28.0. The topological polar surface area (TPSA) is 0 Å². The highest BCUT2D eigenvalue weighted by molar-refractivity contribution is 8.71. The van der Waals surface area contributed by atoms with Gasteiger partial charge >= 0.3 is 0 Å². The summed E-state index contributed by atoms with van der Waals surface area (Å²) in [5, 5.41) is 0. The van der Waals surface area contributed by atoms with E-state index in [1.54, 1.807) is 0 Å². The normalized spacial score (nSPS) is 52.8. The SMILES string of the molecule is C=CCP1P2C3(C(C)(C)C)P(CC=C)P4C1(C(C)(C)C)P1C4(C(C)(C)C)P3C21C(C)(C)C. The molecule has 0 nitrogen and oxygen atoms in total. The van der Waals surface area contributed by atoms with E-state index in [-0.39, 0.29) is 46.3 Å². The molecule has 180 valence electrons. The Labute approximate surface area is 206 Å². The zero-order valence-electron chi connectivity index (χ0n) is 22.7. The van der Waals surface area contributed by atoms with E-state index in [9.17, 15) is 0 Å². The van der Waals surface area contributed by atoms with E-state index in [2.05, 4.69) is 108 Å². The molecule has 0 bridgehead atoms. The highest BCUT2D eigenvalue weighted by Crippen LogP contribution is 3.49. The van der Waals surface area contributed by atoms with Crippen molar-refractivity contribution in [2.24, 2.45) is 21.7 Å². The van der Waals surface area contributed by atoms with Crippen LogP contribution in [0.2, 0.25) is 0 Å². The van der Waals surface area contributed by atoms with Crippen molar-refractivity contribution >= 4 is 46.3 Å². The number of rotatable bonds is 4. The second-order valence-corrected chi connectivity index (χ2v) is 37.1. The van der Waals surface area contributed by atoms with Crippen LogP contribution >= 0.6 is 46.3 Å². The van der Waals surface area contributed by atoms with Crippen LogP contribution in [0, 0.1) is 21.7 Å². The number of hydrogen-bond acceptors (Lipinski definition) is 0. The third-order valence-corrected chi connectivity index (χ3v) is 56.5. The van der Waals surface area contributed by atoms with E-state index in [1.165, 1.54) is 12.3 Å². The Morgan fingerprint density at radius 3 is 0.938 bits per heavy atom. The Bertz CT molecular complexity index is 813. The van der Waals surface area contributed by atoms with Crippen LogP contribution in [0.4, 0.5) is 0 Å². The minimum atomic E-state index is 0.0466. The van der Waals surface area contributed by atoms with Crippen LogP contribution in [0.3, 0.4) is 0 Å². The first-order valence-electron chi connectivity index (χ1n) is 12.3. The van der Waals surface area contributed by atoms with Crippen molar-refractivity contribution in [1.82, 2.24) is 0 Å². The molecule has 0 aromatic heterocycles. The summed E-state index contributed by atoms with van der Waals surface area (Å²) in [5.74, 6) is 0. The molecule has 6 unspecified atom stereocenters. The predicted octanol–water partition coefficient (Wildman–Crippen LogP) is 11.9. The van der Waals surface area contributed by atoms with Crippen LogP contribution in [0.5, 0.6) is 0 Å². The first kappa shape index (κ1) is 25.7. The van der Waals surface area contributed by atoms with E-state index in [1.807, 2.05) is 0 Å². The van der Waals surface area contributed by atoms with Crippen LogP contribution in [0.25, 0.3) is 0 Å². The molecule has 0 N–H and O–H groups in total. The maximum atomic E-state index is 4.38. The van der Waals surface area contributed by atoms with Gasteiger partial charge in [-0.3, -0.25) is 0 Å². The van der Waals surface area contributed by atoms with Gasteiger partial charge in [0.25, 0.3) is 0 Å². The molecule has 0 aliphatic carbocycles. The fourth-order valence-corrected chi connectivity index (χ4v) is 87.6. The summed E-state index contributed by atoms with van der Waals surface area (Å²) >= 11 is 0. The van der Waals surface area contributed by atoms with E-state index >= 15 is 0 Å². The molecule has 5 fully saturated rings. The van der Waals surface area contributed by atoms with Gasteiger partial charge in [-0.2, -0.15) is 0 Å². The van der Waals surface area contributed by atoms with Crippen LogP contribution in [-0.2, 0) is 0 Å². The second kappa shape index (κ2) is 6.54. The van der Waals surface area contributed by atoms with Gasteiger partial charge in [-0.05, 0) is 49.2 Å². The lowest BCUT2D eigenvalue weighted by Crippen LogP contribution is -2.72. The molecule has 0 aromatic rings. The molecule has 0 radical (unpaired) electrons.